The molecule has 0 atom stereocenters. The number of benzene rings is 1. The zero-order chi connectivity index (χ0) is 19.9. The summed E-state index contributed by atoms with van der Waals surface area (Å²) < 4.78 is 2.08. The molecule has 1 aromatic carbocycles. The second kappa shape index (κ2) is 9.37. The summed E-state index contributed by atoms with van der Waals surface area (Å²) in [5.41, 5.74) is 6.07. The third-order valence-electron chi connectivity index (χ3n) is 5.36. The maximum absolute atomic E-state index is 12.1. The van der Waals surface area contributed by atoms with Gasteiger partial charge in [-0.25, -0.2) is 4.79 Å². The first-order chi connectivity index (χ1) is 14.3. The van der Waals surface area contributed by atoms with E-state index in [0.29, 0.717) is 19.6 Å². The number of fused-ring (bicyclic) bond motifs is 1. The van der Waals surface area contributed by atoms with Gasteiger partial charge in [0.25, 0.3) is 0 Å². The molecule has 0 bridgehead atoms. The normalized spacial score (nSPS) is 13.0. The molecule has 1 aliphatic carbocycles. The highest BCUT2D eigenvalue weighted by Crippen LogP contribution is 2.30. The first-order valence-electron chi connectivity index (χ1n) is 10.4. The zero-order valence-electron chi connectivity index (χ0n) is 16.6. The predicted molar refractivity (Wildman–Crippen MR) is 114 cm³/mol. The molecule has 2 aromatic heterocycles. The third-order valence-corrected chi connectivity index (χ3v) is 5.36. The number of rotatable bonds is 7. The molecule has 6 heteroatoms. The molecule has 6 nitrogen and oxygen atoms in total. The largest absolute Gasteiger partial charge is 0.338 e. The van der Waals surface area contributed by atoms with E-state index >= 15 is 0 Å². The molecule has 2 heterocycles. The fourth-order valence-corrected chi connectivity index (χ4v) is 3.90. The molecule has 3 aromatic rings. The van der Waals surface area contributed by atoms with Crippen LogP contribution in [0.3, 0.4) is 0 Å². The summed E-state index contributed by atoms with van der Waals surface area (Å²) >= 11 is 0. The second-order valence-electron chi connectivity index (χ2n) is 7.36. The molecule has 4 rings (SSSR count). The fraction of sp³-hybridized carbons (Fsp3) is 0.348. The Kier molecular flexibility index (Phi) is 6.19. The van der Waals surface area contributed by atoms with Gasteiger partial charge in [-0.1, -0.05) is 30.3 Å². The number of nitrogens with zero attached hydrogens (tertiary/aromatic N) is 3. The van der Waals surface area contributed by atoms with Gasteiger partial charge in [0.15, 0.2) is 0 Å². The molecule has 29 heavy (non-hydrogen) atoms. The summed E-state index contributed by atoms with van der Waals surface area (Å²) in [6, 6.07) is 14.1. The number of nitrogens with one attached hydrogen (secondary N) is 2. The molecule has 0 unspecified atom stereocenters. The van der Waals surface area contributed by atoms with Crippen LogP contribution in [-0.4, -0.2) is 33.9 Å². The van der Waals surface area contributed by atoms with Crippen molar-refractivity contribution in [2.75, 3.05) is 13.1 Å². The van der Waals surface area contributed by atoms with Crippen LogP contribution in [0.1, 0.15) is 29.7 Å². The van der Waals surface area contributed by atoms with Crippen LogP contribution in [0.25, 0.3) is 11.3 Å². The van der Waals surface area contributed by atoms with Gasteiger partial charge in [0.2, 0.25) is 0 Å². The summed E-state index contributed by atoms with van der Waals surface area (Å²) in [5, 5.41) is 10.8. The van der Waals surface area contributed by atoms with Crippen molar-refractivity contribution in [3.63, 3.8) is 0 Å². The number of carbonyl (C=O) groups excluding carboxylic acids is 1. The SMILES string of the molecule is O=C(NCCc1ccccc1)NCCn1nc(-c2ccncc2)c2c1CCCC2. The van der Waals surface area contributed by atoms with Crippen LogP contribution in [0.4, 0.5) is 4.79 Å². The van der Waals surface area contributed by atoms with Crippen LogP contribution < -0.4 is 10.6 Å². The minimum atomic E-state index is -0.128. The van der Waals surface area contributed by atoms with E-state index in [9.17, 15) is 4.79 Å². The lowest BCUT2D eigenvalue weighted by atomic mass is 9.94. The van der Waals surface area contributed by atoms with Gasteiger partial charge >= 0.3 is 6.03 Å². The van der Waals surface area contributed by atoms with Gasteiger partial charge in [0.05, 0.1) is 12.2 Å². The topological polar surface area (TPSA) is 71.8 Å². The smallest absolute Gasteiger partial charge is 0.314 e. The lowest BCUT2D eigenvalue weighted by Gasteiger charge is -2.14. The summed E-state index contributed by atoms with van der Waals surface area (Å²) in [5.74, 6) is 0. The lowest BCUT2D eigenvalue weighted by Crippen LogP contribution is -2.38. The first kappa shape index (κ1) is 19.2. The Morgan fingerprint density at radius 3 is 2.55 bits per heavy atom. The standard InChI is InChI=1S/C23H27N5O/c29-23(25-15-10-18-6-2-1-3-7-18)26-16-17-28-21-9-5-4-8-20(21)22(27-28)19-11-13-24-14-12-19/h1-3,6-7,11-14H,4-5,8-10,15-17H2,(H2,25,26,29). The number of urea groups is 1. The Labute approximate surface area is 171 Å². The molecule has 0 radical (unpaired) electrons. The van der Waals surface area contributed by atoms with Crippen LogP contribution in [0, 0.1) is 0 Å². The maximum atomic E-state index is 12.1. The van der Waals surface area contributed by atoms with Crippen molar-refractivity contribution in [2.24, 2.45) is 0 Å². The van der Waals surface area contributed by atoms with Crippen molar-refractivity contribution in [1.29, 1.82) is 0 Å². The molecule has 2 amide bonds. The molecule has 150 valence electrons. The molecular weight excluding hydrogens is 362 g/mol. The van der Waals surface area contributed by atoms with Gasteiger partial charge in [-0.2, -0.15) is 5.10 Å². The number of hydrogen-bond donors (Lipinski definition) is 2. The second-order valence-corrected chi connectivity index (χ2v) is 7.36. The molecule has 0 fully saturated rings. The van der Waals surface area contributed by atoms with E-state index in [2.05, 4.69) is 32.4 Å². The Hall–Kier alpha value is -3.15. The molecule has 0 saturated carbocycles. The Bertz CT molecular complexity index is 937. The highest BCUT2D eigenvalue weighted by molar-refractivity contribution is 5.73. The van der Waals surface area contributed by atoms with E-state index < -0.39 is 0 Å². The van der Waals surface area contributed by atoms with Crippen molar-refractivity contribution in [1.82, 2.24) is 25.4 Å². The highest BCUT2D eigenvalue weighted by Gasteiger charge is 2.21. The number of pyridine rings is 1. The van der Waals surface area contributed by atoms with E-state index in [0.717, 1.165) is 30.5 Å². The maximum Gasteiger partial charge on any atom is 0.314 e. The van der Waals surface area contributed by atoms with Crippen molar-refractivity contribution in [3.8, 4) is 11.3 Å². The van der Waals surface area contributed by atoms with Gasteiger partial charge in [-0.3, -0.25) is 9.67 Å². The number of aromatic nitrogens is 3. The van der Waals surface area contributed by atoms with Crippen LogP contribution in [0.2, 0.25) is 0 Å². The van der Waals surface area contributed by atoms with E-state index in [-0.39, 0.29) is 6.03 Å². The van der Waals surface area contributed by atoms with E-state index in [1.54, 1.807) is 0 Å². The highest BCUT2D eigenvalue weighted by atomic mass is 16.2. The van der Waals surface area contributed by atoms with Crippen LogP contribution in [-0.2, 0) is 25.8 Å². The van der Waals surface area contributed by atoms with Gasteiger partial charge in [0, 0.05) is 42.3 Å². The van der Waals surface area contributed by atoms with Gasteiger partial charge in [-0.15, -0.1) is 0 Å². The average Bonchev–Trinajstić information content (AvgIpc) is 3.14. The first-order valence-corrected chi connectivity index (χ1v) is 10.4. The van der Waals surface area contributed by atoms with E-state index in [1.807, 2.05) is 42.7 Å². The molecule has 0 aliphatic heterocycles. The van der Waals surface area contributed by atoms with Gasteiger partial charge < -0.3 is 10.6 Å². The molecule has 0 spiro atoms. The monoisotopic (exact) mass is 389 g/mol. The number of hydrogen-bond acceptors (Lipinski definition) is 3. The van der Waals surface area contributed by atoms with Gasteiger partial charge in [0.1, 0.15) is 0 Å². The third kappa shape index (κ3) is 4.83. The fourth-order valence-electron chi connectivity index (χ4n) is 3.90. The summed E-state index contributed by atoms with van der Waals surface area (Å²) in [6.07, 6.45) is 8.98. The van der Waals surface area contributed by atoms with E-state index in [4.69, 9.17) is 5.10 Å². The molecular formula is C23H27N5O. The Morgan fingerprint density at radius 1 is 0.966 bits per heavy atom. The van der Waals surface area contributed by atoms with Crippen molar-refractivity contribution < 1.29 is 4.79 Å². The van der Waals surface area contributed by atoms with Gasteiger partial charge in [-0.05, 0) is 49.8 Å². The predicted octanol–water partition coefficient (Wildman–Crippen LogP) is 3.37. The minimum absolute atomic E-state index is 0.128. The minimum Gasteiger partial charge on any atom is -0.338 e. The number of carbonyl (C=O) groups is 1. The Morgan fingerprint density at radius 2 is 1.72 bits per heavy atom. The summed E-state index contributed by atoms with van der Waals surface area (Å²) in [6.45, 7) is 1.86. The summed E-state index contributed by atoms with van der Waals surface area (Å²) in [4.78, 5) is 16.2. The van der Waals surface area contributed by atoms with Crippen molar-refractivity contribution >= 4 is 6.03 Å². The Balaban J connectivity index is 1.31. The van der Waals surface area contributed by atoms with Crippen molar-refractivity contribution in [2.45, 2.75) is 38.6 Å². The quantitative estimate of drug-likeness (QED) is 0.651. The summed E-state index contributed by atoms with van der Waals surface area (Å²) in [7, 11) is 0. The van der Waals surface area contributed by atoms with Crippen LogP contribution in [0.5, 0.6) is 0 Å². The van der Waals surface area contributed by atoms with Crippen LogP contribution in [0.15, 0.2) is 54.9 Å². The zero-order valence-corrected chi connectivity index (χ0v) is 16.6. The molecule has 2 N–H and O–H groups in total. The lowest BCUT2D eigenvalue weighted by molar-refractivity contribution is 0.240. The number of amides is 2. The average molecular weight is 390 g/mol. The van der Waals surface area contributed by atoms with E-state index in [1.165, 1.54) is 29.7 Å². The van der Waals surface area contributed by atoms with Crippen LogP contribution >= 0.6 is 0 Å². The molecule has 0 saturated heterocycles. The molecule has 1 aliphatic rings. The van der Waals surface area contributed by atoms with Crippen molar-refractivity contribution in [3.05, 3.63) is 71.7 Å².